The van der Waals surface area contributed by atoms with Crippen LogP contribution in [-0.2, 0) is 6.42 Å². The average molecular weight is 209 g/mol. The van der Waals surface area contributed by atoms with Crippen LogP contribution < -0.4 is 5.32 Å². The zero-order valence-electron chi connectivity index (χ0n) is 9.81. The molecule has 15 heavy (non-hydrogen) atoms. The average Bonchev–Trinajstić information content (AvgIpc) is 2.13. The van der Waals surface area contributed by atoms with Crippen molar-refractivity contribution in [2.24, 2.45) is 5.92 Å². The van der Waals surface area contributed by atoms with Gasteiger partial charge in [0.2, 0.25) is 0 Å². The molecule has 0 spiro atoms. The van der Waals surface area contributed by atoms with Crippen LogP contribution in [0.4, 0.5) is 4.39 Å². The SMILES string of the molecule is CCNCC(C)Cc1cc(C)cc(F)c1. The molecule has 1 atom stereocenters. The minimum absolute atomic E-state index is 0.124. The number of hydrogen-bond donors (Lipinski definition) is 1. The molecule has 0 aliphatic carbocycles. The Morgan fingerprint density at radius 3 is 2.67 bits per heavy atom. The predicted molar refractivity (Wildman–Crippen MR) is 62.5 cm³/mol. The molecule has 2 heteroatoms. The summed E-state index contributed by atoms with van der Waals surface area (Å²) >= 11 is 0. The molecular formula is C13H20FN. The van der Waals surface area contributed by atoms with Gasteiger partial charge in [0.1, 0.15) is 5.82 Å². The maximum absolute atomic E-state index is 13.1. The highest BCUT2D eigenvalue weighted by atomic mass is 19.1. The molecule has 0 amide bonds. The quantitative estimate of drug-likeness (QED) is 0.786. The molecular weight excluding hydrogens is 189 g/mol. The van der Waals surface area contributed by atoms with E-state index < -0.39 is 0 Å². The molecule has 1 aromatic carbocycles. The molecule has 0 fully saturated rings. The highest BCUT2D eigenvalue weighted by Crippen LogP contribution is 2.12. The van der Waals surface area contributed by atoms with E-state index >= 15 is 0 Å². The van der Waals surface area contributed by atoms with Crippen molar-refractivity contribution in [3.63, 3.8) is 0 Å². The van der Waals surface area contributed by atoms with Crippen molar-refractivity contribution >= 4 is 0 Å². The van der Waals surface area contributed by atoms with Crippen LogP contribution >= 0.6 is 0 Å². The largest absolute Gasteiger partial charge is 0.317 e. The first-order valence-electron chi connectivity index (χ1n) is 5.58. The van der Waals surface area contributed by atoms with Gasteiger partial charge in [0.05, 0.1) is 0 Å². The molecule has 0 radical (unpaired) electrons. The second-order valence-corrected chi connectivity index (χ2v) is 4.25. The van der Waals surface area contributed by atoms with Gasteiger partial charge in [-0.05, 0) is 55.6 Å². The fourth-order valence-electron chi connectivity index (χ4n) is 1.80. The van der Waals surface area contributed by atoms with Gasteiger partial charge in [0, 0.05) is 0 Å². The summed E-state index contributed by atoms with van der Waals surface area (Å²) < 4.78 is 13.1. The zero-order chi connectivity index (χ0) is 11.3. The van der Waals surface area contributed by atoms with E-state index in [4.69, 9.17) is 0 Å². The van der Waals surface area contributed by atoms with Crippen molar-refractivity contribution in [2.45, 2.75) is 27.2 Å². The third-order valence-electron chi connectivity index (χ3n) is 2.43. The Bertz CT molecular complexity index is 289. The van der Waals surface area contributed by atoms with Gasteiger partial charge in [-0.25, -0.2) is 4.39 Å². The molecule has 0 bridgehead atoms. The summed E-state index contributed by atoms with van der Waals surface area (Å²) in [5, 5.41) is 3.30. The summed E-state index contributed by atoms with van der Waals surface area (Å²) in [6, 6.07) is 5.26. The summed E-state index contributed by atoms with van der Waals surface area (Å²) in [6.45, 7) is 8.20. The first kappa shape index (κ1) is 12.2. The Morgan fingerprint density at radius 2 is 2.07 bits per heavy atom. The molecule has 0 aliphatic rings. The summed E-state index contributed by atoms with van der Waals surface area (Å²) in [5.74, 6) is 0.423. The van der Waals surface area contributed by atoms with Crippen molar-refractivity contribution in [1.29, 1.82) is 0 Å². The van der Waals surface area contributed by atoms with E-state index in [9.17, 15) is 4.39 Å². The maximum Gasteiger partial charge on any atom is 0.123 e. The van der Waals surface area contributed by atoms with Crippen molar-refractivity contribution in [2.75, 3.05) is 13.1 Å². The van der Waals surface area contributed by atoms with Crippen LogP contribution in [0.1, 0.15) is 25.0 Å². The number of aryl methyl sites for hydroxylation is 1. The third kappa shape index (κ3) is 4.43. The fourth-order valence-corrected chi connectivity index (χ4v) is 1.80. The van der Waals surface area contributed by atoms with Crippen LogP contribution in [0.3, 0.4) is 0 Å². The van der Waals surface area contributed by atoms with Gasteiger partial charge in [0.25, 0.3) is 0 Å². The van der Waals surface area contributed by atoms with Crippen molar-refractivity contribution < 1.29 is 4.39 Å². The lowest BCUT2D eigenvalue weighted by Gasteiger charge is -2.12. The summed E-state index contributed by atoms with van der Waals surface area (Å²) in [7, 11) is 0. The lowest BCUT2D eigenvalue weighted by atomic mass is 9.99. The molecule has 84 valence electrons. The normalized spacial score (nSPS) is 12.8. The number of benzene rings is 1. The molecule has 1 aromatic rings. The minimum Gasteiger partial charge on any atom is -0.317 e. The first-order valence-corrected chi connectivity index (χ1v) is 5.58. The molecule has 1 N–H and O–H groups in total. The standard InChI is InChI=1S/C13H20FN/c1-4-15-9-11(3)6-12-5-10(2)7-13(14)8-12/h5,7-8,11,15H,4,6,9H2,1-3H3. The van der Waals surface area contributed by atoms with Crippen molar-refractivity contribution in [1.82, 2.24) is 5.32 Å². The second kappa shape index (κ2) is 5.86. The second-order valence-electron chi connectivity index (χ2n) is 4.25. The molecule has 1 rings (SSSR count). The van der Waals surface area contributed by atoms with E-state index in [1.54, 1.807) is 12.1 Å². The molecule has 1 unspecified atom stereocenters. The topological polar surface area (TPSA) is 12.0 Å². The number of nitrogens with one attached hydrogen (secondary N) is 1. The molecule has 0 aromatic heterocycles. The lowest BCUT2D eigenvalue weighted by molar-refractivity contribution is 0.519. The number of rotatable bonds is 5. The van der Waals surface area contributed by atoms with Crippen molar-refractivity contribution in [3.8, 4) is 0 Å². The Kier molecular flexibility index (Phi) is 4.76. The van der Waals surface area contributed by atoms with Crippen LogP contribution in [0.25, 0.3) is 0 Å². The maximum atomic E-state index is 13.1. The molecule has 0 aliphatic heterocycles. The summed E-state index contributed by atoms with van der Waals surface area (Å²) in [4.78, 5) is 0. The van der Waals surface area contributed by atoms with E-state index in [2.05, 4.69) is 25.2 Å². The van der Waals surface area contributed by atoms with Gasteiger partial charge >= 0.3 is 0 Å². The smallest absolute Gasteiger partial charge is 0.123 e. The van der Waals surface area contributed by atoms with Crippen LogP contribution in [0, 0.1) is 18.7 Å². The highest BCUT2D eigenvalue weighted by Gasteiger charge is 2.04. The van der Waals surface area contributed by atoms with Gasteiger partial charge in [-0.2, -0.15) is 0 Å². The third-order valence-corrected chi connectivity index (χ3v) is 2.43. The highest BCUT2D eigenvalue weighted by molar-refractivity contribution is 5.23. The van der Waals surface area contributed by atoms with Gasteiger partial charge < -0.3 is 5.32 Å². The zero-order valence-corrected chi connectivity index (χ0v) is 9.81. The molecule has 0 saturated carbocycles. The van der Waals surface area contributed by atoms with E-state index in [1.807, 2.05) is 6.92 Å². The number of hydrogen-bond acceptors (Lipinski definition) is 1. The minimum atomic E-state index is -0.124. The van der Waals surface area contributed by atoms with Crippen LogP contribution in [0.2, 0.25) is 0 Å². The Morgan fingerprint density at radius 1 is 1.33 bits per heavy atom. The Balaban J connectivity index is 2.56. The Labute approximate surface area is 91.7 Å². The lowest BCUT2D eigenvalue weighted by Crippen LogP contribution is -2.21. The molecule has 1 nitrogen and oxygen atoms in total. The summed E-state index contributed by atoms with van der Waals surface area (Å²) in [5.41, 5.74) is 2.10. The van der Waals surface area contributed by atoms with E-state index in [0.29, 0.717) is 5.92 Å². The van der Waals surface area contributed by atoms with Crippen LogP contribution in [0.5, 0.6) is 0 Å². The molecule has 0 saturated heterocycles. The van der Waals surface area contributed by atoms with Gasteiger partial charge in [-0.1, -0.05) is 19.9 Å². The number of halogens is 1. The van der Waals surface area contributed by atoms with Crippen LogP contribution in [0.15, 0.2) is 18.2 Å². The first-order chi connectivity index (χ1) is 7.11. The van der Waals surface area contributed by atoms with Crippen molar-refractivity contribution in [3.05, 3.63) is 35.1 Å². The van der Waals surface area contributed by atoms with Gasteiger partial charge in [0.15, 0.2) is 0 Å². The van der Waals surface area contributed by atoms with E-state index in [1.165, 1.54) is 0 Å². The summed E-state index contributed by atoms with van der Waals surface area (Å²) in [6.07, 6.45) is 0.936. The van der Waals surface area contributed by atoms with E-state index in [0.717, 1.165) is 30.6 Å². The van der Waals surface area contributed by atoms with Crippen LogP contribution in [-0.4, -0.2) is 13.1 Å². The monoisotopic (exact) mass is 209 g/mol. The fraction of sp³-hybridized carbons (Fsp3) is 0.538. The predicted octanol–water partition coefficient (Wildman–Crippen LogP) is 2.92. The Hall–Kier alpha value is -0.890. The van der Waals surface area contributed by atoms with E-state index in [-0.39, 0.29) is 5.82 Å². The van der Waals surface area contributed by atoms with Gasteiger partial charge in [-0.3, -0.25) is 0 Å². The molecule has 0 heterocycles. The van der Waals surface area contributed by atoms with Gasteiger partial charge in [-0.15, -0.1) is 0 Å².